The van der Waals surface area contributed by atoms with E-state index >= 15 is 0 Å². The Morgan fingerprint density at radius 3 is 2.39 bits per heavy atom. The first-order valence-corrected chi connectivity index (χ1v) is 11.7. The van der Waals surface area contributed by atoms with Gasteiger partial charge in [0.25, 0.3) is 0 Å². The van der Waals surface area contributed by atoms with Crippen LogP contribution in [0.2, 0.25) is 0 Å². The van der Waals surface area contributed by atoms with Crippen molar-refractivity contribution in [3.63, 3.8) is 0 Å². The fourth-order valence-electron chi connectivity index (χ4n) is 3.76. The third kappa shape index (κ3) is 3.82. The lowest BCUT2D eigenvalue weighted by atomic mass is 10.1. The maximum atomic E-state index is 11.6. The molecular weight excluding hydrogens is 414 g/mol. The van der Waals surface area contributed by atoms with Crippen molar-refractivity contribution in [3.05, 3.63) is 60.2 Å². The normalized spacial score (nSPS) is 13.4. The lowest BCUT2D eigenvalue weighted by Crippen LogP contribution is -2.15. The Hall–Kier alpha value is -3.52. The van der Waals surface area contributed by atoms with Crippen LogP contribution in [-0.2, 0) is 10.0 Å². The smallest absolute Gasteiger partial charge is 0.229 e. The van der Waals surface area contributed by atoms with E-state index in [1.807, 2.05) is 55.5 Å². The largest absolute Gasteiger partial charge is 0.486 e. The molecule has 0 amide bonds. The number of hydrogen-bond donors (Lipinski definition) is 2. The number of benzene rings is 3. The number of hydrogen-bond acceptors (Lipinski definition) is 6. The molecule has 0 saturated heterocycles. The number of nitrogens with one attached hydrogen (secondary N) is 2. The number of anilines is 3. The average Bonchev–Trinajstić information content (AvgIpc) is 2.73. The topological polar surface area (TPSA) is 89.6 Å². The molecule has 5 rings (SSSR count). The number of sulfonamides is 1. The van der Waals surface area contributed by atoms with E-state index in [0.29, 0.717) is 30.4 Å². The zero-order valence-electron chi connectivity index (χ0n) is 17.1. The van der Waals surface area contributed by atoms with E-state index < -0.39 is 10.0 Å². The summed E-state index contributed by atoms with van der Waals surface area (Å²) in [6.07, 6.45) is 1.14. The van der Waals surface area contributed by atoms with Crippen molar-refractivity contribution in [2.45, 2.75) is 6.92 Å². The summed E-state index contributed by atoms with van der Waals surface area (Å²) in [6, 6.07) is 17.3. The number of rotatable bonds is 4. The highest BCUT2D eigenvalue weighted by Gasteiger charge is 2.17. The molecule has 1 aromatic heterocycles. The minimum absolute atomic E-state index is 0.510. The Morgan fingerprint density at radius 1 is 0.903 bits per heavy atom. The second-order valence-electron chi connectivity index (χ2n) is 7.55. The molecular formula is C23H21N3O4S. The highest BCUT2D eigenvalue weighted by molar-refractivity contribution is 7.92. The second kappa shape index (κ2) is 7.31. The number of aromatic nitrogens is 1. The van der Waals surface area contributed by atoms with Gasteiger partial charge in [0.2, 0.25) is 10.0 Å². The maximum Gasteiger partial charge on any atom is 0.229 e. The molecule has 0 aliphatic carbocycles. The van der Waals surface area contributed by atoms with Gasteiger partial charge < -0.3 is 14.8 Å². The summed E-state index contributed by atoms with van der Waals surface area (Å²) >= 11 is 0. The molecule has 0 saturated carbocycles. The molecule has 0 bridgehead atoms. The van der Waals surface area contributed by atoms with Crippen LogP contribution >= 0.6 is 0 Å². The van der Waals surface area contributed by atoms with Crippen LogP contribution in [0.15, 0.2) is 54.6 Å². The fraction of sp³-hybridized carbons (Fsp3) is 0.174. The summed E-state index contributed by atoms with van der Waals surface area (Å²) in [5, 5.41) is 5.40. The molecule has 0 radical (unpaired) electrons. The van der Waals surface area contributed by atoms with Gasteiger partial charge in [0.05, 0.1) is 28.7 Å². The van der Waals surface area contributed by atoms with Gasteiger partial charge in [-0.05, 0) is 42.8 Å². The second-order valence-corrected chi connectivity index (χ2v) is 9.29. The van der Waals surface area contributed by atoms with Gasteiger partial charge in [-0.2, -0.15) is 0 Å². The van der Waals surface area contributed by atoms with E-state index in [4.69, 9.17) is 14.5 Å². The molecule has 0 spiro atoms. The molecule has 31 heavy (non-hydrogen) atoms. The molecule has 3 aromatic carbocycles. The van der Waals surface area contributed by atoms with Crippen LogP contribution in [0.5, 0.6) is 11.5 Å². The number of pyridine rings is 1. The van der Waals surface area contributed by atoms with Crippen molar-refractivity contribution in [2.75, 3.05) is 29.5 Å². The molecule has 2 heterocycles. The fourth-order valence-corrected chi connectivity index (χ4v) is 4.39. The maximum absolute atomic E-state index is 11.6. The van der Waals surface area contributed by atoms with Gasteiger partial charge in [-0.25, -0.2) is 13.4 Å². The van der Waals surface area contributed by atoms with E-state index in [2.05, 4.69) is 10.0 Å². The standard InChI is InChI=1S/C23H21N3O4S/c1-14-11-15(7-8-18(14)26-31(2,27)28)24-23-16-5-3-4-6-19(16)25-20-13-22-21(12-17(20)23)29-9-10-30-22/h3-8,11-13,26H,9-10H2,1-2H3,(H,24,25). The number of ether oxygens (including phenoxy) is 2. The van der Waals surface area contributed by atoms with Gasteiger partial charge in [-0.3, -0.25) is 4.72 Å². The summed E-state index contributed by atoms with van der Waals surface area (Å²) < 4.78 is 37.2. The van der Waals surface area contributed by atoms with Crippen molar-refractivity contribution in [1.29, 1.82) is 0 Å². The first kappa shape index (κ1) is 19.4. The van der Waals surface area contributed by atoms with Crippen molar-refractivity contribution >= 4 is 48.9 Å². The van der Waals surface area contributed by atoms with Crippen LogP contribution in [0.1, 0.15) is 5.56 Å². The Bertz CT molecular complexity index is 1430. The van der Waals surface area contributed by atoms with Crippen molar-refractivity contribution in [2.24, 2.45) is 0 Å². The van der Waals surface area contributed by atoms with E-state index in [1.165, 1.54) is 0 Å². The number of para-hydroxylation sites is 1. The summed E-state index contributed by atoms with van der Waals surface area (Å²) in [5.74, 6) is 1.39. The van der Waals surface area contributed by atoms with Crippen LogP contribution < -0.4 is 19.5 Å². The number of aryl methyl sites for hydroxylation is 1. The zero-order chi connectivity index (χ0) is 21.6. The molecule has 0 unspecified atom stereocenters. The predicted octanol–water partition coefficient (Wildman–Crippen LogP) is 4.58. The van der Waals surface area contributed by atoms with Gasteiger partial charge >= 0.3 is 0 Å². The molecule has 0 fully saturated rings. The lowest BCUT2D eigenvalue weighted by molar-refractivity contribution is 0.172. The van der Waals surface area contributed by atoms with Gasteiger partial charge in [0.1, 0.15) is 13.2 Å². The summed E-state index contributed by atoms with van der Waals surface area (Å²) in [5.41, 5.74) is 4.77. The zero-order valence-corrected chi connectivity index (χ0v) is 17.9. The third-order valence-corrected chi connectivity index (χ3v) is 5.73. The number of fused-ring (bicyclic) bond motifs is 3. The highest BCUT2D eigenvalue weighted by Crippen LogP contribution is 2.40. The Morgan fingerprint density at radius 2 is 1.65 bits per heavy atom. The predicted molar refractivity (Wildman–Crippen MR) is 123 cm³/mol. The van der Waals surface area contributed by atoms with Crippen molar-refractivity contribution < 1.29 is 17.9 Å². The SMILES string of the molecule is Cc1cc(Nc2c3ccccc3nc3cc4c(cc23)OCCO4)ccc1NS(C)(=O)=O. The van der Waals surface area contributed by atoms with Crippen LogP contribution in [-0.4, -0.2) is 32.9 Å². The first-order chi connectivity index (χ1) is 14.9. The quantitative estimate of drug-likeness (QED) is 0.456. The molecule has 7 nitrogen and oxygen atoms in total. The van der Waals surface area contributed by atoms with E-state index in [9.17, 15) is 8.42 Å². The van der Waals surface area contributed by atoms with E-state index in [1.54, 1.807) is 6.07 Å². The van der Waals surface area contributed by atoms with Crippen molar-refractivity contribution in [1.82, 2.24) is 4.98 Å². The molecule has 8 heteroatoms. The summed E-state index contributed by atoms with van der Waals surface area (Å²) in [6.45, 7) is 2.89. The van der Waals surface area contributed by atoms with E-state index in [-0.39, 0.29) is 0 Å². The third-order valence-electron chi connectivity index (χ3n) is 5.14. The summed E-state index contributed by atoms with van der Waals surface area (Å²) in [4.78, 5) is 4.81. The Balaban J connectivity index is 1.65. The van der Waals surface area contributed by atoms with Crippen molar-refractivity contribution in [3.8, 4) is 11.5 Å². The van der Waals surface area contributed by atoms with Gasteiger partial charge in [0, 0.05) is 22.5 Å². The molecule has 1 aliphatic heterocycles. The molecule has 158 valence electrons. The van der Waals surface area contributed by atoms with Crippen LogP contribution in [0.3, 0.4) is 0 Å². The lowest BCUT2D eigenvalue weighted by Gasteiger charge is -2.20. The molecule has 1 aliphatic rings. The van der Waals surface area contributed by atoms with Gasteiger partial charge in [0.15, 0.2) is 11.5 Å². The monoisotopic (exact) mass is 435 g/mol. The minimum atomic E-state index is -3.34. The van der Waals surface area contributed by atoms with E-state index in [0.717, 1.165) is 45.0 Å². The van der Waals surface area contributed by atoms with Crippen LogP contribution in [0.25, 0.3) is 21.8 Å². The molecule has 4 aromatic rings. The molecule has 2 N–H and O–H groups in total. The minimum Gasteiger partial charge on any atom is -0.486 e. The first-order valence-electron chi connectivity index (χ1n) is 9.85. The number of nitrogens with zero attached hydrogens (tertiary/aromatic N) is 1. The van der Waals surface area contributed by atoms with Gasteiger partial charge in [-0.15, -0.1) is 0 Å². The average molecular weight is 436 g/mol. The Kier molecular flexibility index (Phi) is 4.59. The summed E-state index contributed by atoms with van der Waals surface area (Å²) in [7, 11) is -3.34. The van der Waals surface area contributed by atoms with Gasteiger partial charge in [-0.1, -0.05) is 18.2 Å². The Labute approximate surface area is 180 Å². The molecule has 0 atom stereocenters. The van der Waals surface area contributed by atoms with Crippen LogP contribution in [0, 0.1) is 6.92 Å². The van der Waals surface area contributed by atoms with Crippen LogP contribution in [0.4, 0.5) is 17.1 Å². The highest BCUT2D eigenvalue weighted by atomic mass is 32.2.